The van der Waals surface area contributed by atoms with Crippen molar-refractivity contribution in [2.75, 3.05) is 39.4 Å². The molecule has 0 aliphatic carbocycles. The van der Waals surface area contributed by atoms with E-state index in [0.29, 0.717) is 12.3 Å². The summed E-state index contributed by atoms with van der Waals surface area (Å²) in [4.78, 5) is 13.0. The SMILES string of the molecule is O=C(O)c1cc(CNCCCN2CCOCC2)on1. The molecule has 1 aromatic heterocycles. The number of rotatable bonds is 7. The van der Waals surface area contributed by atoms with Crippen molar-refractivity contribution in [3.05, 3.63) is 17.5 Å². The van der Waals surface area contributed by atoms with Gasteiger partial charge >= 0.3 is 5.97 Å². The van der Waals surface area contributed by atoms with Gasteiger partial charge in [-0.15, -0.1) is 0 Å². The van der Waals surface area contributed by atoms with Crippen molar-refractivity contribution < 1.29 is 19.2 Å². The normalized spacial score (nSPS) is 16.6. The van der Waals surface area contributed by atoms with Crippen LogP contribution in [0.15, 0.2) is 10.6 Å². The van der Waals surface area contributed by atoms with E-state index in [1.165, 1.54) is 6.07 Å². The maximum atomic E-state index is 10.6. The summed E-state index contributed by atoms with van der Waals surface area (Å²) in [7, 11) is 0. The Kier molecular flexibility index (Phi) is 5.31. The summed E-state index contributed by atoms with van der Waals surface area (Å²) in [6.45, 7) is 6.07. The molecule has 0 radical (unpaired) electrons. The van der Waals surface area contributed by atoms with E-state index in [1.54, 1.807) is 0 Å². The Bertz CT molecular complexity index is 401. The Morgan fingerprint density at radius 1 is 1.47 bits per heavy atom. The zero-order valence-corrected chi connectivity index (χ0v) is 10.8. The predicted octanol–water partition coefficient (Wildman–Crippen LogP) is 0.185. The van der Waals surface area contributed by atoms with Gasteiger partial charge in [0, 0.05) is 19.2 Å². The number of hydrogen-bond donors (Lipinski definition) is 2. The lowest BCUT2D eigenvalue weighted by Crippen LogP contribution is -2.37. The second-order valence-electron chi connectivity index (χ2n) is 4.47. The second-order valence-corrected chi connectivity index (χ2v) is 4.47. The van der Waals surface area contributed by atoms with Crippen LogP contribution in [0.1, 0.15) is 22.7 Å². The minimum absolute atomic E-state index is 0.0508. The Balaban J connectivity index is 1.57. The van der Waals surface area contributed by atoms with Gasteiger partial charge in [0.15, 0.2) is 11.5 Å². The van der Waals surface area contributed by atoms with Gasteiger partial charge in [0.2, 0.25) is 0 Å². The van der Waals surface area contributed by atoms with Gasteiger partial charge in [-0.1, -0.05) is 5.16 Å². The van der Waals surface area contributed by atoms with E-state index in [-0.39, 0.29) is 5.69 Å². The number of carboxylic acids is 1. The third-order valence-corrected chi connectivity index (χ3v) is 3.01. The maximum absolute atomic E-state index is 10.6. The number of ether oxygens (including phenoxy) is 1. The Labute approximate surface area is 111 Å². The lowest BCUT2D eigenvalue weighted by molar-refractivity contribution is 0.0374. The molecule has 0 unspecified atom stereocenters. The van der Waals surface area contributed by atoms with Crippen LogP contribution in [-0.4, -0.2) is 60.5 Å². The molecular weight excluding hydrogens is 250 g/mol. The Morgan fingerprint density at radius 3 is 2.95 bits per heavy atom. The third kappa shape index (κ3) is 4.62. The van der Waals surface area contributed by atoms with Gasteiger partial charge in [0.05, 0.1) is 19.8 Å². The zero-order valence-electron chi connectivity index (χ0n) is 10.8. The molecule has 106 valence electrons. The molecule has 1 aliphatic heterocycles. The highest BCUT2D eigenvalue weighted by molar-refractivity contribution is 5.85. The Morgan fingerprint density at radius 2 is 2.26 bits per heavy atom. The van der Waals surface area contributed by atoms with E-state index in [0.717, 1.165) is 45.8 Å². The fourth-order valence-corrected chi connectivity index (χ4v) is 1.96. The number of aromatic nitrogens is 1. The molecule has 0 aromatic carbocycles. The molecule has 0 saturated carbocycles. The minimum Gasteiger partial charge on any atom is -0.476 e. The number of nitrogens with zero attached hydrogens (tertiary/aromatic N) is 2. The van der Waals surface area contributed by atoms with Gasteiger partial charge in [0.25, 0.3) is 0 Å². The minimum atomic E-state index is -1.07. The molecule has 2 heterocycles. The van der Waals surface area contributed by atoms with Crippen molar-refractivity contribution in [1.82, 2.24) is 15.4 Å². The lowest BCUT2D eigenvalue weighted by atomic mass is 10.3. The van der Waals surface area contributed by atoms with Crippen molar-refractivity contribution in [3.8, 4) is 0 Å². The first-order chi connectivity index (χ1) is 9.25. The van der Waals surface area contributed by atoms with Crippen molar-refractivity contribution in [1.29, 1.82) is 0 Å². The van der Waals surface area contributed by atoms with Gasteiger partial charge < -0.3 is 19.7 Å². The smallest absolute Gasteiger partial charge is 0.358 e. The number of carboxylic acid groups (broad SMARTS) is 1. The summed E-state index contributed by atoms with van der Waals surface area (Å²) < 4.78 is 10.2. The molecule has 1 aliphatic rings. The largest absolute Gasteiger partial charge is 0.476 e. The monoisotopic (exact) mass is 269 g/mol. The van der Waals surface area contributed by atoms with Crippen LogP contribution in [0.5, 0.6) is 0 Å². The van der Waals surface area contributed by atoms with E-state index < -0.39 is 5.97 Å². The number of nitrogens with one attached hydrogen (secondary N) is 1. The van der Waals surface area contributed by atoms with Crippen LogP contribution in [0, 0.1) is 0 Å². The van der Waals surface area contributed by atoms with Gasteiger partial charge in [-0.2, -0.15) is 0 Å². The summed E-state index contributed by atoms with van der Waals surface area (Å²) in [5, 5.41) is 15.4. The van der Waals surface area contributed by atoms with Crippen LogP contribution < -0.4 is 5.32 Å². The topological polar surface area (TPSA) is 87.8 Å². The first-order valence-electron chi connectivity index (χ1n) is 6.45. The number of aromatic carboxylic acids is 1. The average Bonchev–Trinajstić information content (AvgIpc) is 2.89. The van der Waals surface area contributed by atoms with E-state index in [9.17, 15) is 4.79 Å². The molecule has 2 rings (SSSR count). The predicted molar refractivity (Wildman–Crippen MR) is 67.0 cm³/mol. The van der Waals surface area contributed by atoms with Crippen LogP contribution in [-0.2, 0) is 11.3 Å². The quantitative estimate of drug-likeness (QED) is 0.683. The van der Waals surface area contributed by atoms with Crippen molar-refractivity contribution in [2.45, 2.75) is 13.0 Å². The lowest BCUT2D eigenvalue weighted by Gasteiger charge is -2.26. The van der Waals surface area contributed by atoms with Crippen molar-refractivity contribution in [3.63, 3.8) is 0 Å². The molecular formula is C12H19N3O4. The molecule has 0 spiro atoms. The summed E-state index contributed by atoms with van der Waals surface area (Å²) in [6.07, 6.45) is 1.04. The van der Waals surface area contributed by atoms with E-state index in [2.05, 4.69) is 15.4 Å². The highest BCUT2D eigenvalue weighted by atomic mass is 16.5. The molecule has 1 aromatic rings. The molecule has 0 bridgehead atoms. The highest BCUT2D eigenvalue weighted by Crippen LogP contribution is 2.03. The average molecular weight is 269 g/mol. The molecule has 0 amide bonds. The second kappa shape index (κ2) is 7.22. The van der Waals surface area contributed by atoms with Crippen LogP contribution >= 0.6 is 0 Å². The molecule has 0 atom stereocenters. The summed E-state index contributed by atoms with van der Waals surface area (Å²) in [5.74, 6) is -0.522. The molecule has 7 nitrogen and oxygen atoms in total. The van der Waals surface area contributed by atoms with Crippen LogP contribution in [0.4, 0.5) is 0 Å². The van der Waals surface area contributed by atoms with Gasteiger partial charge in [-0.05, 0) is 19.5 Å². The molecule has 19 heavy (non-hydrogen) atoms. The fraction of sp³-hybridized carbons (Fsp3) is 0.667. The van der Waals surface area contributed by atoms with E-state index >= 15 is 0 Å². The number of morpholine rings is 1. The van der Waals surface area contributed by atoms with Crippen LogP contribution in [0.25, 0.3) is 0 Å². The van der Waals surface area contributed by atoms with Gasteiger partial charge in [-0.25, -0.2) is 4.79 Å². The maximum Gasteiger partial charge on any atom is 0.358 e. The van der Waals surface area contributed by atoms with Gasteiger partial charge in [0.1, 0.15) is 0 Å². The molecule has 1 fully saturated rings. The van der Waals surface area contributed by atoms with E-state index in [1.807, 2.05) is 0 Å². The summed E-state index contributed by atoms with van der Waals surface area (Å²) >= 11 is 0. The molecule has 7 heteroatoms. The van der Waals surface area contributed by atoms with E-state index in [4.69, 9.17) is 14.4 Å². The van der Waals surface area contributed by atoms with Crippen molar-refractivity contribution >= 4 is 5.97 Å². The third-order valence-electron chi connectivity index (χ3n) is 3.01. The summed E-state index contributed by atoms with van der Waals surface area (Å²) in [6, 6.07) is 1.44. The number of carbonyl (C=O) groups is 1. The van der Waals surface area contributed by atoms with Gasteiger partial charge in [-0.3, -0.25) is 4.90 Å². The van der Waals surface area contributed by atoms with Crippen molar-refractivity contribution in [2.24, 2.45) is 0 Å². The zero-order chi connectivity index (χ0) is 13.5. The standard InChI is InChI=1S/C12H19N3O4/c16-12(17)11-8-10(19-14-11)9-13-2-1-3-15-4-6-18-7-5-15/h8,13H,1-7,9H2,(H,16,17). The first-order valence-corrected chi connectivity index (χ1v) is 6.45. The van der Waals surface area contributed by atoms with Crippen LogP contribution in [0.3, 0.4) is 0 Å². The first kappa shape index (κ1) is 14.0. The number of hydrogen-bond acceptors (Lipinski definition) is 6. The fourth-order valence-electron chi connectivity index (χ4n) is 1.96. The van der Waals surface area contributed by atoms with Crippen LogP contribution in [0.2, 0.25) is 0 Å². The molecule has 1 saturated heterocycles. The highest BCUT2D eigenvalue weighted by Gasteiger charge is 2.11. The molecule has 2 N–H and O–H groups in total. The Hall–Kier alpha value is -1.44. The summed E-state index contributed by atoms with van der Waals surface area (Å²) in [5.41, 5.74) is -0.0508.